The van der Waals surface area contributed by atoms with Crippen LogP contribution in [-0.2, 0) is 11.2 Å². The average molecular weight is 217 g/mol. The van der Waals surface area contributed by atoms with E-state index in [0.29, 0.717) is 0 Å². The van der Waals surface area contributed by atoms with Crippen molar-refractivity contribution in [2.75, 3.05) is 0 Å². The van der Waals surface area contributed by atoms with Crippen molar-refractivity contribution in [3.8, 4) is 0 Å². The molecule has 1 aliphatic carbocycles. The summed E-state index contributed by atoms with van der Waals surface area (Å²) >= 11 is 0. The Morgan fingerprint density at radius 1 is 1.50 bits per heavy atom. The van der Waals surface area contributed by atoms with E-state index >= 15 is 0 Å². The number of pyridine rings is 1. The molecule has 0 spiro atoms. The van der Waals surface area contributed by atoms with Gasteiger partial charge in [-0.3, -0.25) is 4.98 Å². The average Bonchev–Trinajstić information content (AvgIpc) is 2.14. The number of hydrogen-bond donors (Lipinski definition) is 1. The third-order valence-electron chi connectivity index (χ3n) is 2.85. The van der Waals surface area contributed by atoms with Crippen molar-refractivity contribution in [2.24, 2.45) is 5.41 Å². The maximum absolute atomic E-state index is 10.8. The summed E-state index contributed by atoms with van der Waals surface area (Å²) in [5.41, 5.74) is 2.96. The molecule has 3 heteroatoms. The molecule has 0 amide bonds. The van der Waals surface area contributed by atoms with Gasteiger partial charge < -0.3 is 5.11 Å². The van der Waals surface area contributed by atoms with E-state index in [2.05, 4.69) is 18.8 Å². The number of fused-ring (bicyclic) bond motifs is 1. The molecular weight excluding hydrogens is 202 g/mol. The molecule has 16 heavy (non-hydrogen) atoms. The Morgan fingerprint density at radius 2 is 2.25 bits per heavy atom. The summed E-state index contributed by atoms with van der Waals surface area (Å²) in [4.78, 5) is 15.1. The van der Waals surface area contributed by atoms with E-state index in [1.165, 1.54) is 6.08 Å². The van der Waals surface area contributed by atoms with Crippen LogP contribution < -0.4 is 0 Å². The fourth-order valence-corrected chi connectivity index (χ4v) is 2.28. The first-order chi connectivity index (χ1) is 7.48. The van der Waals surface area contributed by atoms with Gasteiger partial charge in [-0.15, -0.1) is 0 Å². The molecule has 1 N–H and O–H groups in total. The van der Waals surface area contributed by atoms with Gasteiger partial charge in [0.2, 0.25) is 0 Å². The Kier molecular flexibility index (Phi) is 2.54. The van der Waals surface area contributed by atoms with Crippen LogP contribution >= 0.6 is 0 Å². The first kappa shape index (κ1) is 10.9. The number of carboxylic acids is 1. The molecule has 0 bridgehead atoms. The number of aliphatic carboxylic acids is 1. The Labute approximate surface area is 94.8 Å². The first-order valence-corrected chi connectivity index (χ1v) is 5.36. The Bertz CT molecular complexity index is 461. The molecule has 2 rings (SSSR count). The molecule has 0 aliphatic heterocycles. The molecule has 0 unspecified atom stereocenters. The summed E-state index contributed by atoms with van der Waals surface area (Å²) in [6.07, 6.45) is 4.76. The molecule has 0 atom stereocenters. The number of allylic oxidation sites excluding steroid dienone is 1. The molecule has 1 aromatic heterocycles. The zero-order valence-corrected chi connectivity index (χ0v) is 9.53. The minimum atomic E-state index is -0.887. The molecule has 1 heterocycles. The zero-order valence-electron chi connectivity index (χ0n) is 9.53. The van der Waals surface area contributed by atoms with Crippen molar-refractivity contribution < 1.29 is 9.90 Å². The standard InChI is InChI=1S/C13H15NO2/c1-13(2)7-9(6-12(15)16)10-4-3-5-14-11(10)8-13/h3-6H,7-8H2,1-2H3,(H,15,16). The van der Waals surface area contributed by atoms with Gasteiger partial charge in [0, 0.05) is 18.0 Å². The van der Waals surface area contributed by atoms with Crippen LogP contribution in [0.3, 0.4) is 0 Å². The molecule has 0 aromatic carbocycles. The smallest absolute Gasteiger partial charge is 0.328 e. The Balaban J connectivity index is 2.52. The normalized spacial score (nSPS) is 20.5. The lowest BCUT2D eigenvalue weighted by Gasteiger charge is -2.32. The highest BCUT2D eigenvalue weighted by Crippen LogP contribution is 2.40. The van der Waals surface area contributed by atoms with Gasteiger partial charge >= 0.3 is 5.97 Å². The van der Waals surface area contributed by atoms with Gasteiger partial charge in [0.05, 0.1) is 0 Å². The Morgan fingerprint density at radius 3 is 2.94 bits per heavy atom. The van der Waals surface area contributed by atoms with Crippen LogP contribution in [0.2, 0.25) is 0 Å². The molecular formula is C13H15NO2. The van der Waals surface area contributed by atoms with Crippen LogP contribution in [0.15, 0.2) is 24.4 Å². The van der Waals surface area contributed by atoms with Crippen LogP contribution in [-0.4, -0.2) is 16.1 Å². The predicted octanol–water partition coefficient (Wildman–Crippen LogP) is 2.52. The lowest BCUT2D eigenvalue weighted by atomic mass is 9.73. The van der Waals surface area contributed by atoms with Crippen LogP contribution in [0.5, 0.6) is 0 Å². The third kappa shape index (κ3) is 2.13. The van der Waals surface area contributed by atoms with Gasteiger partial charge in [-0.2, -0.15) is 0 Å². The molecule has 0 radical (unpaired) electrons. The quantitative estimate of drug-likeness (QED) is 0.735. The second-order valence-electron chi connectivity index (χ2n) is 5.02. The number of carboxylic acid groups (broad SMARTS) is 1. The van der Waals surface area contributed by atoms with Crippen molar-refractivity contribution >= 4 is 11.5 Å². The molecule has 1 aromatic rings. The van der Waals surface area contributed by atoms with Gasteiger partial charge in [-0.05, 0) is 35.5 Å². The highest BCUT2D eigenvalue weighted by atomic mass is 16.4. The Hall–Kier alpha value is -1.64. The predicted molar refractivity (Wildman–Crippen MR) is 62.0 cm³/mol. The highest BCUT2D eigenvalue weighted by molar-refractivity contribution is 5.90. The minimum absolute atomic E-state index is 0.0859. The number of hydrogen-bond acceptors (Lipinski definition) is 2. The van der Waals surface area contributed by atoms with Crippen molar-refractivity contribution in [1.29, 1.82) is 0 Å². The van der Waals surface area contributed by atoms with Crippen LogP contribution in [0.4, 0.5) is 0 Å². The highest BCUT2D eigenvalue weighted by Gasteiger charge is 2.29. The minimum Gasteiger partial charge on any atom is -0.478 e. The van der Waals surface area contributed by atoms with Crippen LogP contribution in [0, 0.1) is 5.41 Å². The number of rotatable bonds is 1. The van der Waals surface area contributed by atoms with Gasteiger partial charge in [-0.1, -0.05) is 19.9 Å². The third-order valence-corrected chi connectivity index (χ3v) is 2.85. The molecule has 84 valence electrons. The van der Waals surface area contributed by atoms with E-state index in [4.69, 9.17) is 5.11 Å². The fourth-order valence-electron chi connectivity index (χ4n) is 2.28. The maximum Gasteiger partial charge on any atom is 0.328 e. The number of nitrogens with zero attached hydrogens (tertiary/aromatic N) is 1. The topological polar surface area (TPSA) is 50.2 Å². The molecule has 1 aliphatic rings. The second kappa shape index (κ2) is 3.74. The molecule has 0 saturated heterocycles. The summed E-state index contributed by atoms with van der Waals surface area (Å²) in [6.45, 7) is 4.28. The van der Waals surface area contributed by atoms with Crippen LogP contribution in [0.1, 0.15) is 31.5 Å². The lowest BCUT2D eigenvalue weighted by Crippen LogP contribution is -2.22. The summed E-state index contributed by atoms with van der Waals surface area (Å²) < 4.78 is 0. The van der Waals surface area contributed by atoms with E-state index in [-0.39, 0.29) is 5.41 Å². The van der Waals surface area contributed by atoms with Gasteiger partial charge in [0.1, 0.15) is 0 Å². The summed E-state index contributed by atoms with van der Waals surface area (Å²) in [5, 5.41) is 8.86. The van der Waals surface area contributed by atoms with Crippen molar-refractivity contribution in [1.82, 2.24) is 4.98 Å². The van der Waals surface area contributed by atoms with E-state index in [9.17, 15) is 4.79 Å². The number of carbonyl (C=O) groups is 1. The zero-order chi connectivity index (χ0) is 11.8. The van der Waals surface area contributed by atoms with Gasteiger partial charge in [0.15, 0.2) is 0 Å². The summed E-state index contributed by atoms with van der Waals surface area (Å²) in [6, 6.07) is 3.80. The van der Waals surface area contributed by atoms with Crippen LogP contribution in [0.25, 0.3) is 5.57 Å². The second-order valence-corrected chi connectivity index (χ2v) is 5.02. The van der Waals surface area contributed by atoms with Crippen molar-refractivity contribution in [2.45, 2.75) is 26.7 Å². The fraction of sp³-hybridized carbons (Fsp3) is 0.385. The summed E-state index contributed by atoms with van der Waals surface area (Å²) in [5.74, 6) is -0.887. The largest absolute Gasteiger partial charge is 0.478 e. The lowest BCUT2D eigenvalue weighted by molar-refractivity contribution is -0.131. The first-order valence-electron chi connectivity index (χ1n) is 5.36. The van der Waals surface area contributed by atoms with Gasteiger partial charge in [-0.25, -0.2) is 4.79 Å². The van der Waals surface area contributed by atoms with E-state index in [1.807, 2.05) is 12.1 Å². The van der Waals surface area contributed by atoms with Crippen molar-refractivity contribution in [3.05, 3.63) is 35.7 Å². The monoisotopic (exact) mass is 217 g/mol. The summed E-state index contributed by atoms with van der Waals surface area (Å²) in [7, 11) is 0. The van der Waals surface area contributed by atoms with Crippen molar-refractivity contribution in [3.63, 3.8) is 0 Å². The van der Waals surface area contributed by atoms with E-state index in [1.54, 1.807) is 6.20 Å². The van der Waals surface area contributed by atoms with E-state index < -0.39 is 5.97 Å². The molecule has 0 saturated carbocycles. The number of aromatic nitrogens is 1. The molecule has 0 fully saturated rings. The van der Waals surface area contributed by atoms with E-state index in [0.717, 1.165) is 29.7 Å². The van der Waals surface area contributed by atoms with Gasteiger partial charge in [0.25, 0.3) is 0 Å². The SMILES string of the molecule is CC1(C)CC(=CC(=O)O)c2cccnc2C1. The molecule has 3 nitrogen and oxygen atoms in total. The maximum atomic E-state index is 10.8.